The number of rotatable bonds is 3. The number of nitrogens with one attached hydrogen (secondary N) is 1. The second-order valence-corrected chi connectivity index (χ2v) is 3.19. The third-order valence-electron chi connectivity index (χ3n) is 2.17. The zero-order valence-corrected chi connectivity index (χ0v) is 6.89. The third kappa shape index (κ3) is 2.27. The first kappa shape index (κ1) is 8.02. The van der Waals surface area contributed by atoms with Crippen LogP contribution in [-0.4, -0.2) is 26.3 Å². The minimum Gasteiger partial charge on any atom is -0.385 e. The molecular formula is C8H17NO. The first-order valence-corrected chi connectivity index (χ1v) is 4.05. The van der Waals surface area contributed by atoms with E-state index in [9.17, 15) is 0 Å². The molecule has 1 heterocycles. The van der Waals surface area contributed by atoms with Crippen molar-refractivity contribution in [1.82, 2.24) is 5.32 Å². The molecule has 0 aliphatic carbocycles. The molecular weight excluding hydrogens is 126 g/mol. The molecule has 1 aliphatic rings. The van der Waals surface area contributed by atoms with Gasteiger partial charge in [-0.2, -0.15) is 0 Å². The smallest absolute Gasteiger partial charge is 0.0465 e. The summed E-state index contributed by atoms with van der Waals surface area (Å²) in [5.74, 6) is 0.856. The van der Waals surface area contributed by atoms with E-state index >= 15 is 0 Å². The minimum absolute atomic E-state index is 0.724. The van der Waals surface area contributed by atoms with E-state index in [1.807, 2.05) is 0 Å². The Hall–Kier alpha value is -0.0800. The lowest BCUT2D eigenvalue weighted by Gasteiger charge is -2.05. The van der Waals surface area contributed by atoms with Crippen LogP contribution < -0.4 is 5.32 Å². The van der Waals surface area contributed by atoms with Gasteiger partial charge in [0.1, 0.15) is 0 Å². The molecule has 0 aromatic carbocycles. The highest BCUT2D eigenvalue weighted by Gasteiger charge is 2.19. The Bertz CT molecular complexity index is 95.3. The molecule has 0 radical (unpaired) electrons. The van der Waals surface area contributed by atoms with E-state index in [1.165, 1.54) is 19.4 Å². The molecule has 1 saturated heterocycles. The number of hydrogen-bond acceptors (Lipinski definition) is 2. The fourth-order valence-electron chi connectivity index (χ4n) is 1.54. The minimum atomic E-state index is 0.724. The highest BCUT2D eigenvalue weighted by molar-refractivity contribution is 4.77. The lowest BCUT2D eigenvalue weighted by molar-refractivity contribution is 0.180. The van der Waals surface area contributed by atoms with E-state index in [4.69, 9.17) is 4.74 Å². The molecule has 0 unspecified atom stereocenters. The molecule has 2 heteroatoms. The summed E-state index contributed by atoms with van der Waals surface area (Å²) in [7, 11) is 1.77. The average Bonchev–Trinajstić information content (AvgIpc) is 2.31. The second-order valence-electron chi connectivity index (χ2n) is 3.19. The monoisotopic (exact) mass is 143 g/mol. The summed E-state index contributed by atoms with van der Waals surface area (Å²) >= 11 is 0. The maximum Gasteiger partial charge on any atom is 0.0465 e. The molecule has 2 atom stereocenters. The van der Waals surface area contributed by atoms with Crippen LogP contribution in [0.1, 0.15) is 19.8 Å². The highest BCUT2D eigenvalue weighted by Crippen LogP contribution is 2.16. The highest BCUT2D eigenvalue weighted by atomic mass is 16.5. The van der Waals surface area contributed by atoms with E-state index in [1.54, 1.807) is 7.11 Å². The Morgan fingerprint density at radius 3 is 2.90 bits per heavy atom. The first-order chi connectivity index (χ1) is 4.83. The SMILES string of the molecule is COCC[C@H]1CN[C@@H](C)C1. The van der Waals surface area contributed by atoms with Crippen LogP contribution in [0.3, 0.4) is 0 Å². The normalized spacial score (nSPS) is 33.0. The molecule has 1 fully saturated rings. The summed E-state index contributed by atoms with van der Waals surface area (Å²) in [5, 5.41) is 3.42. The van der Waals surface area contributed by atoms with E-state index < -0.39 is 0 Å². The molecule has 0 bridgehead atoms. The van der Waals surface area contributed by atoms with Crippen molar-refractivity contribution in [3.63, 3.8) is 0 Å². The lowest BCUT2D eigenvalue weighted by atomic mass is 10.0. The molecule has 0 aromatic rings. The molecule has 1 N–H and O–H groups in total. The molecule has 1 aliphatic heterocycles. The first-order valence-electron chi connectivity index (χ1n) is 4.05. The number of hydrogen-bond donors (Lipinski definition) is 1. The summed E-state index contributed by atoms with van der Waals surface area (Å²) in [6.07, 6.45) is 2.54. The molecule has 60 valence electrons. The van der Waals surface area contributed by atoms with Crippen molar-refractivity contribution in [3.05, 3.63) is 0 Å². The summed E-state index contributed by atoms with van der Waals surface area (Å²) in [5.41, 5.74) is 0. The van der Waals surface area contributed by atoms with Gasteiger partial charge in [0.15, 0.2) is 0 Å². The van der Waals surface area contributed by atoms with Gasteiger partial charge in [0, 0.05) is 19.8 Å². The Morgan fingerprint density at radius 1 is 1.60 bits per heavy atom. The maximum absolute atomic E-state index is 5.01. The van der Waals surface area contributed by atoms with Crippen LogP contribution in [0.4, 0.5) is 0 Å². The van der Waals surface area contributed by atoms with Gasteiger partial charge in [-0.3, -0.25) is 0 Å². The third-order valence-corrected chi connectivity index (χ3v) is 2.17. The molecule has 0 spiro atoms. The Morgan fingerprint density at radius 2 is 2.40 bits per heavy atom. The van der Waals surface area contributed by atoms with Crippen molar-refractivity contribution in [2.45, 2.75) is 25.8 Å². The van der Waals surface area contributed by atoms with Crippen molar-refractivity contribution >= 4 is 0 Å². The summed E-state index contributed by atoms with van der Waals surface area (Å²) in [4.78, 5) is 0. The fourth-order valence-corrected chi connectivity index (χ4v) is 1.54. The molecule has 1 rings (SSSR count). The Labute approximate surface area is 63.0 Å². The van der Waals surface area contributed by atoms with Gasteiger partial charge in [0.25, 0.3) is 0 Å². The van der Waals surface area contributed by atoms with Crippen molar-refractivity contribution in [2.24, 2.45) is 5.92 Å². The lowest BCUT2D eigenvalue weighted by Crippen LogP contribution is -2.16. The van der Waals surface area contributed by atoms with Gasteiger partial charge in [-0.25, -0.2) is 0 Å². The van der Waals surface area contributed by atoms with E-state index in [2.05, 4.69) is 12.2 Å². The van der Waals surface area contributed by atoms with E-state index in [0.717, 1.165) is 18.6 Å². The number of methoxy groups -OCH3 is 1. The van der Waals surface area contributed by atoms with Gasteiger partial charge < -0.3 is 10.1 Å². The number of ether oxygens (including phenoxy) is 1. The average molecular weight is 143 g/mol. The van der Waals surface area contributed by atoms with Crippen LogP contribution in [-0.2, 0) is 4.74 Å². The van der Waals surface area contributed by atoms with Crippen molar-refractivity contribution in [2.75, 3.05) is 20.3 Å². The van der Waals surface area contributed by atoms with Gasteiger partial charge in [0.05, 0.1) is 0 Å². The van der Waals surface area contributed by atoms with Crippen LogP contribution in [0.5, 0.6) is 0 Å². The summed E-state index contributed by atoms with van der Waals surface area (Å²) in [6.45, 7) is 4.34. The summed E-state index contributed by atoms with van der Waals surface area (Å²) in [6, 6.07) is 0.724. The topological polar surface area (TPSA) is 21.3 Å². The van der Waals surface area contributed by atoms with E-state index in [-0.39, 0.29) is 0 Å². The van der Waals surface area contributed by atoms with Crippen LogP contribution in [0.15, 0.2) is 0 Å². The van der Waals surface area contributed by atoms with Gasteiger partial charge >= 0.3 is 0 Å². The molecule has 10 heavy (non-hydrogen) atoms. The molecule has 0 saturated carbocycles. The van der Waals surface area contributed by atoms with Crippen molar-refractivity contribution < 1.29 is 4.74 Å². The van der Waals surface area contributed by atoms with E-state index in [0.29, 0.717) is 0 Å². The van der Waals surface area contributed by atoms with Crippen molar-refractivity contribution in [1.29, 1.82) is 0 Å². The Kier molecular flexibility index (Phi) is 3.16. The second kappa shape index (κ2) is 3.94. The van der Waals surface area contributed by atoms with Crippen LogP contribution >= 0.6 is 0 Å². The molecule has 0 amide bonds. The largest absolute Gasteiger partial charge is 0.385 e. The Balaban J connectivity index is 2.06. The van der Waals surface area contributed by atoms with Crippen LogP contribution in [0.2, 0.25) is 0 Å². The van der Waals surface area contributed by atoms with Crippen LogP contribution in [0, 0.1) is 5.92 Å². The quantitative estimate of drug-likeness (QED) is 0.637. The maximum atomic E-state index is 5.01. The van der Waals surface area contributed by atoms with Crippen LogP contribution in [0.25, 0.3) is 0 Å². The fraction of sp³-hybridized carbons (Fsp3) is 1.00. The predicted octanol–water partition coefficient (Wildman–Crippen LogP) is 1.02. The molecule has 0 aromatic heterocycles. The van der Waals surface area contributed by atoms with Gasteiger partial charge in [-0.1, -0.05) is 0 Å². The van der Waals surface area contributed by atoms with Gasteiger partial charge in [-0.05, 0) is 32.2 Å². The van der Waals surface area contributed by atoms with Crippen molar-refractivity contribution in [3.8, 4) is 0 Å². The zero-order chi connectivity index (χ0) is 7.40. The predicted molar refractivity (Wildman–Crippen MR) is 42.1 cm³/mol. The summed E-state index contributed by atoms with van der Waals surface area (Å²) < 4.78 is 5.01. The molecule has 2 nitrogen and oxygen atoms in total. The van der Waals surface area contributed by atoms with Gasteiger partial charge in [-0.15, -0.1) is 0 Å². The zero-order valence-electron chi connectivity index (χ0n) is 6.89. The van der Waals surface area contributed by atoms with Gasteiger partial charge in [0.2, 0.25) is 0 Å². The standard InChI is InChI=1S/C8H17NO/c1-7-5-8(6-9-7)3-4-10-2/h7-9H,3-6H2,1-2H3/t7-,8+/m0/s1.